The molecule has 0 fully saturated rings. The van der Waals surface area contributed by atoms with E-state index >= 15 is 0 Å². The van der Waals surface area contributed by atoms with Crippen molar-refractivity contribution >= 4 is 27.3 Å². The van der Waals surface area contributed by atoms with Crippen LogP contribution in [0, 0.1) is 6.92 Å². The Morgan fingerprint density at radius 2 is 2.21 bits per heavy atom. The number of nitrogens with one attached hydrogen (secondary N) is 1. The van der Waals surface area contributed by atoms with Gasteiger partial charge in [0, 0.05) is 6.54 Å². The highest BCUT2D eigenvalue weighted by atomic mass is 79.9. The maximum Gasteiger partial charge on any atom is 0.0770 e. The summed E-state index contributed by atoms with van der Waals surface area (Å²) >= 11 is 5.40. The van der Waals surface area contributed by atoms with Gasteiger partial charge in [-0.05, 0) is 64.6 Å². The predicted octanol–water partition coefficient (Wildman–Crippen LogP) is 4.12. The standard InChI is InChI=1S/C14H20BrN3S/c1-4-6-16-13(11-9-19-8-10(11)3)14-12(15)7-17-18(14)5-2/h7-9,13,16H,4-6H2,1-3H3. The van der Waals surface area contributed by atoms with Gasteiger partial charge in [0.25, 0.3) is 0 Å². The first kappa shape index (κ1) is 14.8. The van der Waals surface area contributed by atoms with E-state index in [-0.39, 0.29) is 6.04 Å². The molecule has 3 nitrogen and oxygen atoms in total. The Morgan fingerprint density at radius 1 is 1.42 bits per heavy atom. The largest absolute Gasteiger partial charge is 0.305 e. The van der Waals surface area contributed by atoms with Crippen molar-refractivity contribution in [1.29, 1.82) is 0 Å². The summed E-state index contributed by atoms with van der Waals surface area (Å²) in [5.41, 5.74) is 3.92. The minimum atomic E-state index is 0.211. The molecule has 0 aromatic carbocycles. The summed E-state index contributed by atoms with van der Waals surface area (Å²) in [6.45, 7) is 8.37. The molecule has 104 valence electrons. The topological polar surface area (TPSA) is 29.9 Å². The van der Waals surface area contributed by atoms with Crippen LogP contribution in [0.2, 0.25) is 0 Å². The molecule has 1 atom stereocenters. The van der Waals surface area contributed by atoms with Crippen LogP contribution in [0.15, 0.2) is 21.4 Å². The van der Waals surface area contributed by atoms with Crippen LogP contribution in [0.3, 0.4) is 0 Å². The van der Waals surface area contributed by atoms with E-state index in [1.807, 2.05) is 6.20 Å². The average Bonchev–Trinajstić information content (AvgIpc) is 2.98. The van der Waals surface area contributed by atoms with Gasteiger partial charge in [-0.25, -0.2) is 0 Å². The molecule has 1 unspecified atom stereocenters. The monoisotopic (exact) mass is 341 g/mol. The summed E-state index contributed by atoms with van der Waals surface area (Å²) in [6.07, 6.45) is 3.01. The Hall–Kier alpha value is -0.650. The van der Waals surface area contributed by atoms with E-state index in [9.17, 15) is 0 Å². The van der Waals surface area contributed by atoms with Crippen LogP contribution in [0.4, 0.5) is 0 Å². The van der Waals surface area contributed by atoms with Crippen molar-refractivity contribution in [3.63, 3.8) is 0 Å². The summed E-state index contributed by atoms with van der Waals surface area (Å²) in [7, 11) is 0. The van der Waals surface area contributed by atoms with Crippen molar-refractivity contribution < 1.29 is 0 Å². The van der Waals surface area contributed by atoms with Gasteiger partial charge in [-0.2, -0.15) is 16.4 Å². The van der Waals surface area contributed by atoms with Crippen LogP contribution in [-0.2, 0) is 6.54 Å². The van der Waals surface area contributed by atoms with Crippen molar-refractivity contribution in [1.82, 2.24) is 15.1 Å². The van der Waals surface area contributed by atoms with Gasteiger partial charge in [-0.15, -0.1) is 0 Å². The van der Waals surface area contributed by atoms with E-state index in [0.29, 0.717) is 0 Å². The molecule has 5 heteroatoms. The first-order valence-electron chi connectivity index (χ1n) is 6.66. The highest BCUT2D eigenvalue weighted by Crippen LogP contribution is 2.32. The average molecular weight is 342 g/mol. The number of thiophene rings is 1. The minimum absolute atomic E-state index is 0.211. The molecular formula is C14H20BrN3S. The molecule has 0 aliphatic heterocycles. The Morgan fingerprint density at radius 3 is 2.79 bits per heavy atom. The summed E-state index contributed by atoms with van der Waals surface area (Å²) < 4.78 is 3.14. The molecule has 1 N–H and O–H groups in total. The van der Waals surface area contributed by atoms with E-state index in [1.165, 1.54) is 16.8 Å². The Kier molecular flexibility index (Phi) is 5.19. The lowest BCUT2D eigenvalue weighted by molar-refractivity contribution is 0.528. The molecule has 0 aliphatic rings. The molecule has 0 amide bonds. The lowest BCUT2D eigenvalue weighted by atomic mass is 10.0. The lowest BCUT2D eigenvalue weighted by Crippen LogP contribution is -2.26. The van der Waals surface area contributed by atoms with Gasteiger partial charge >= 0.3 is 0 Å². The molecule has 2 heterocycles. The van der Waals surface area contributed by atoms with E-state index in [2.05, 4.69) is 62.6 Å². The number of hydrogen-bond donors (Lipinski definition) is 1. The molecule has 2 rings (SSSR count). The molecule has 19 heavy (non-hydrogen) atoms. The molecule has 0 bridgehead atoms. The maximum absolute atomic E-state index is 4.44. The predicted molar refractivity (Wildman–Crippen MR) is 84.8 cm³/mol. The fraction of sp³-hybridized carbons (Fsp3) is 0.500. The van der Waals surface area contributed by atoms with E-state index in [0.717, 1.165) is 24.0 Å². The number of halogens is 1. The lowest BCUT2D eigenvalue weighted by Gasteiger charge is -2.20. The van der Waals surface area contributed by atoms with Gasteiger partial charge in [0.15, 0.2) is 0 Å². The first-order valence-corrected chi connectivity index (χ1v) is 8.39. The fourth-order valence-corrected chi connectivity index (χ4v) is 3.62. The fourth-order valence-electron chi connectivity index (χ4n) is 2.22. The van der Waals surface area contributed by atoms with Crippen molar-refractivity contribution in [2.24, 2.45) is 0 Å². The van der Waals surface area contributed by atoms with Crippen LogP contribution in [0.5, 0.6) is 0 Å². The zero-order chi connectivity index (χ0) is 13.8. The second-order valence-corrected chi connectivity index (χ2v) is 6.19. The third-order valence-electron chi connectivity index (χ3n) is 3.21. The molecular weight excluding hydrogens is 322 g/mol. The second-order valence-electron chi connectivity index (χ2n) is 4.59. The third kappa shape index (κ3) is 3.09. The first-order chi connectivity index (χ1) is 9.19. The van der Waals surface area contributed by atoms with Crippen molar-refractivity contribution in [2.75, 3.05) is 6.54 Å². The Bertz CT molecular complexity index is 533. The molecule has 0 saturated heterocycles. The normalized spacial score (nSPS) is 12.8. The van der Waals surface area contributed by atoms with E-state index in [4.69, 9.17) is 0 Å². The van der Waals surface area contributed by atoms with E-state index in [1.54, 1.807) is 11.3 Å². The van der Waals surface area contributed by atoms with Gasteiger partial charge in [0.1, 0.15) is 0 Å². The van der Waals surface area contributed by atoms with Gasteiger partial charge < -0.3 is 5.32 Å². The molecule has 2 aromatic heterocycles. The molecule has 2 aromatic rings. The van der Waals surface area contributed by atoms with Crippen LogP contribution in [0.25, 0.3) is 0 Å². The molecule has 0 saturated carbocycles. The number of hydrogen-bond acceptors (Lipinski definition) is 3. The summed E-state index contributed by atoms with van der Waals surface area (Å²) in [4.78, 5) is 0. The molecule has 0 radical (unpaired) electrons. The molecule has 0 spiro atoms. The zero-order valence-electron chi connectivity index (χ0n) is 11.6. The highest BCUT2D eigenvalue weighted by Gasteiger charge is 2.22. The Balaban J connectivity index is 2.42. The molecule has 0 aliphatic carbocycles. The number of aryl methyl sites for hydroxylation is 2. The van der Waals surface area contributed by atoms with Gasteiger partial charge in [-0.1, -0.05) is 6.92 Å². The van der Waals surface area contributed by atoms with Crippen LogP contribution < -0.4 is 5.32 Å². The summed E-state index contributed by atoms with van der Waals surface area (Å²) in [6, 6.07) is 0.211. The SMILES string of the molecule is CCCNC(c1cscc1C)c1c(Br)cnn1CC. The van der Waals surface area contributed by atoms with Gasteiger partial charge in [0.2, 0.25) is 0 Å². The number of rotatable bonds is 6. The highest BCUT2D eigenvalue weighted by molar-refractivity contribution is 9.10. The number of aromatic nitrogens is 2. The smallest absolute Gasteiger partial charge is 0.0770 e. The van der Waals surface area contributed by atoms with Crippen molar-refractivity contribution in [2.45, 2.75) is 39.8 Å². The zero-order valence-corrected chi connectivity index (χ0v) is 14.0. The summed E-state index contributed by atoms with van der Waals surface area (Å²) in [5, 5.41) is 12.5. The maximum atomic E-state index is 4.44. The third-order valence-corrected chi connectivity index (χ3v) is 4.70. The quantitative estimate of drug-likeness (QED) is 0.856. The van der Waals surface area contributed by atoms with Gasteiger partial charge in [-0.3, -0.25) is 4.68 Å². The van der Waals surface area contributed by atoms with Crippen LogP contribution >= 0.6 is 27.3 Å². The van der Waals surface area contributed by atoms with Crippen molar-refractivity contribution in [3.05, 3.63) is 38.3 Å². The number of nitrogens with zero attached hydrogens (tertiary/aromatic N) is 2. The Labute approximate surface area is 127 Å². The van der Waals surface area contributed by atoms with Crippen molar-refractivity contribution in [3.8, 4) is 0 Å². The van der Waals surface area contributed by atoms with E-state index < -0.39 is 0 Å². The minimum Gasteiger partial charge on any atom is -0.305 e. The second kappa shape index (κ2) is 6.68. The summed E-state index contributed by atoms with van der Waals surface area (Å²) in [5.74, 6) is 0. The van der Waals surface area contributed by atoms with Crippen LogP contribution in [-0.4, -0.2) is 16.3 Å². The van der Waals surface area contributed by atoms with Gasteiger partial charge in [0.05, 0.1) is 22.4 Å². The van der Waals surface area contributed by atoms with Crippen LogP contribution in [0.1, 0.15) is 43.1 Å².